The zero-order valence-corrected chi connectivity index (χ0v) is 15.7. The number of carbonyl (C=O) groups excluding carboxylic acids is 2. The van der Waals surface area contributed by atoms with E-state index >= 15 is 0 Å². The van der Waals surface area contributed by atoms with Gasteiger partial charge in [0.25, 0.3) is 0 Å². The van der Waals surface area contributed by atoms with Crippen LogP contribution in [0.3, 0.4) is 0 Å². The minimum Gasteiger partial charge on any atom is -0.356 e. The molecule has 1 aliphatic rings. The molecule has 0 saturated carbocycles. The van der Waals surface area contributed by atoms with E-state index in [1.165, 1.54) is 11.2 Å². The maximum atomic E-state index is 12.8. The Kier molecular flexibility index (Phi) is 6.18. The molecule has 0 spiro atoms. The van der Waals surface area contributed by atoms with Crippen LogP contribution in [0.15, 0.2) is 23.1 Å². The first kappa shape index (κ1) is 19.4. The Labute approximate surface area is 149 Å². The zero-order chi connectivity index (χ0) is 18.6. The number of nitrogens with one attached hydrogen (secondary N) is 1. The van der Waals surface area contributed by atoms with Crippen molar-refractivity contribution < 1.29 is 18.0 Å². The second-order valence-corrected chi connectivity index (χ2v) is 8.19. The van der Waals surface area contributed by atoms with Crippen molar-refractivity contribution >= 4 is 21.8 Å². The first-order valence-corrected chi connectivity index (χ1v) is 9.75. The van der Waals surface area contributed by atoms with Gasteiger partial charge in [-0.3, -0.25) is 9.59 Å². The van der Waals surface area contributed by atoms with Gasteiger partial charge in [-0.1, -0.05) is 17.7 Å². The van der Waals surface area contributed by atoms with Crippen LogP contribution in [0, 0.1) is 13.8 Å². The van der Waals surface area contributed by atoms with E-state index in [0.717, 1.165) is 11.1 Å². The highest BCUT2D eigenvalue weighted by molar-refractivity contribution is 7.89. The summed E-state index contributed by atoms with van der Waals surface area (Å²) in [5.74, 6) is -0.241. The molecule has 0 aromatic heterocycles. The fourth-order valence-corrected chi connectivity index (χ4v) is 4.54. The van der Waals surface area contributed by atoms with Gasteiger partial charge < -0.3 is 10.2 Å². The van der Waals surface area contributed by atoms with Crippen molar-refractivity contribution in [2.24, 2.45) is 0 Å². The maximum Gasteiger partial charge on any atom is 0.243 e. The van der Waals surface area contributed by atoms with Crippen LogP contribution in [0.25, 0.3) is 0 Å². The molecule has 2 amide bonds. The molecule has 1 heterocycles. The Hall–Kier alpha value is -1.93. The molecule has 0 bridgehead atoms. The third-order valence-corrected chi connectivity index (χ3v) is 6.31. The summed E-state index contributed by atoms with van der Waals surface area (Å²) in [6.07, 6.45) is 0.226. The van der Waals surface area contributed by atoms with Crippen LogP contribution in [0.2, 0.25) is 0 Å². The fraction of sp³-hybridized carbons (Fsp3) is 0.529. The first-order valence-electron chi connectivity index (χ1n) is 8.31. The number of carbonyl (C=O) groups is 2. The lowest BCUT2D eigenvalue weighted by atomic mass is 10.2. The number of amides is 2. The number of rotatable bonds is 5. The van der Waals surface area contributed by atoms with Crippen molar-refractivity contribution in [2.45, 2.75) is 32.1 Å². The van der Waals surface area contributed by atoms with Crippen LogP contribution in [-0.4, -0.2) is 62.2 Å². The predicted octanol–water partition coefficient (Wildman–Crippen LogP) is 0.663. The molecule has 8 heteroatoms. The quantitative estimate of drug-likeness (QED) is 0.828. The molecule has 1 aliphatic heterocycles. The number of aryl methyl sites for hydroxylation is 2. The zero-order valence-electron chi connectivity index (χ0n) is 14.9. The number of hydrogen-bond donors (Lipinski definition) is 1. The largest absolute Gasteiger partial charge is 0.356 e. The molecular weight excluding hydrogens is 342 g/mol. The van der Waals surface area contributed by atoms with Gasteiger partial charge in [0.15, 0.2) is 0 Å². The van der Waals surface area contributed by atoms with Crippen molar-refractivity contribution in [3.8, 4) is 0 Å². The van der Waals surface area contributed by atoms with Gasteiger partial charge in [-0.05, 0) is 25.5 Å². The molecule has 7 nitrogen and oxygen atoms in total. The first-order chi connectivity index (χ1) is 11.7. The molecule has 0 unspecified atom stereocenters. The SMILES string of the molecule is CC(=O)NCCC(=O)N1CCN(S(=O)(=O)c2ccc(C)cc2C)CC1. The number of hydrogen-bond acceptors (Lipinski definition) is 4. The van der Waals surface area contributed by atoms with Crippen LogP contribution >= 0.6 is 0 Å². The summed E-state index contributed by atoms with van der Waals surface area (Å²) in [5, 5.41) is 2.59. The lowest BCUT2D eigenvalue weighted by Crippen LogP contribution is -2.51. The van der Waals surface area contributed by atoms with Crippen molar-refractivity contribution in [3.63, 3.8) is 0 Å². The fourth-order valence-electron chi connectivity index (χ4n) is 2.91. The minimum absolute atomic E-state index is 0.0719. The Morgan fingerprint density at radius 1 is 1.12 bits per heavy atom. The average Bonchev–Trinajstić information content (AvgIpc) is 2.54. The number of piperazine rings is 1. The van der Waals surface area contributed by atoms with E-state index in [1.807, 2.05) is 13.0 Å². The molecule has 1 fully saturated rings. The summed E-state index contributed by atoms with van der Waals surface area (Å²) in [7, 11) is -3.55. The average molecular weight is 367 g/mol. The Morgan fingerprint density at radius 2 is 1.76 bits per heavy atom. The second kappa shape index (κ2) is 7.97. The van der Waals surface area contributed by atoms with Gasteiger partial charge in [0.1, 0.15) is 0 Å². The smallest absolute Gasteiger partial charge is 0.243 e. The lowest BCUT2D eigenvalue weighted by Gasteiger charge is -2.34. The third-order valence-electron chi connectivity index (χ3n) is 4.25. The van der Waals surface area contributed by atoms with Crippen LogP contribution in [-0.2, 0) is 19.6 Å². The van der Waals surface area contributed by atoms with Crippen molar-refractivity contribution in [1.82, 2.24) is 14.5 Å². The monoisotopic (exact) mass is 367 g/mol. The highest BCUT2D eigenvalue weighted by Crippen LogP contribution is 2.22. The van der Waals surface area contributed by atoms with Gasteiger partial charge >= 0.3 is 0 Å². The van der Waals surface area contributed by atoms with Gasteiger partial charge in [0.2, 0.25) is 21.8 Å². The normalized spacial score (nSPS) is 15.9. The van der Waals surface area contributed by atoms with Crippen LogP contribution in [0.4, 0.5) is 0 Å². The van der Waals surface area contributed by atoms with Gasteiger partial charge in [0.05, 0.1) is 4.90 Å². The molecule has 1 N–H and O–H groups in total. The predicted molar refractivity (Wildman–Crippen MR) is 94.6 cm³/mol. The van der Waals surface area contributed by atoms with Gasteiger partial charge in [-0.25, -0.2) is 8.42 Å². The Morgan fingerprint density at radius 3 is 2.32 bits per heavy atom. The highest BCUT2D eigenvalue weighted by Gasteiger charge is 2.30. The van der Waals surface area contributed by atoms with E-state index < -0.39 is 10.0 Å². The van der Waals surface area contributed by atoms with Gasteiger partial charge in [-0.2, -0.15) is 4.31 Å². The van der Waals surface area contributed by atoms with Crippen LogP contribution in [0.5, 0.6) is 0 Å². The topological polar surface area (TPSA) is 86.8 Å². The van der Waals surface area contributed by atoms with Crippen molar-refractivity contribution in [2.75, 3.05) is 32.7 Å². The summed E-state index contributed by atoms with van der Waals surface area (Å²) in [6.45, 7) is 6.71. The molecular formula is C17H25N3O4S. The summed E-state index contributed by atoms with van der Waals surface area (Å²) in [6, 6.07) is 5.29. The Balaban J connectivity index is 1.97. The standard InChI is InChI=1S/C17H25N3O4S/c1-13-4-5-16(14(2)12-13)25(23,24)20-10-8-19(9-11-20)17(22)6-7-18-15(3)21/h4-5,12H,6-11H2,1-3H3,(H,18,21). The third kappa shape index (κ3) is 4.79. The summed E-state index contributed by atoms with van der Waals surface area (Å²) in [4.78, 5) is 24.9. The van der Waals surface area contributed by atoms with Crippen LogP contribution in [0.1, 0.15) is 24.5 Å². The van der Waals surface area contributed by atoms with Gasteiger partial charge in [0, 0.05) is 46.1 Å². The van der Waals surface area contributed by atoms with E-state index in [0.29, 0.717) is 24.5 Å². The Bertz CT molecular complexity index is 753. The van der Waals surface area contributed by atoms with Crippen LogP contribution < -0.4 is 5.32 Å². The maximum absolute atomic E-state index is 12.8. The summed E-state index contributed by atoms with van der Waals surface area (Å²) in [5.41, 5.74) is 1.75. The summed E-state index contributed by atoms with van der Waals surface area (Å²) < 4.78 is 27.1. The molecule has 1 aromatic carbocycles. The molecule has 25 heavy (non-hydrogen) atoms. The lowest BCUT2D eigenvalue weighted by molar-refractivity contribution is -0.132. The minimum atomic E-state index is -3.55. The molecule has 1 aromatic rings. The molecule has 0 radical (unpaired) electrons. The van der Waals surface area contributed by atoms with E-state index in [-0.39, 0.29) is 31.3 Å². The van der Waals surface area contributed by atoms with Crippen molar-refractivity contribution in [1.29, 1.82) is 0 Å². The van der Waals surface area contributed by atoms with E-state index in [2.05, 4.69) is 5.32 Å². The van der Waals surface area contributed by atoms with Gasteiger partial charge in [-0.15, -0.1) is 0 Å². The molecule has 0 aliphatic carbocycles. The molecule has 2 rings (SSSR count). The number of nitrogens with zero attached hydrogens (tertiary/aromatic N) is 2. The molecule has 1 saturated heterocycles. The van der Waals surface area contributed by atoms with E-state index in [1.54, 1.807) is 24.0 Å². The molecule has 138 valence electrons. The number of benzene rings is 1. The van der Waals surface area contributed by atoms with Crippen molar-refractivity contribution in [3.05, 3.63) is 29.3 Å². The van der Waals surface area contributed by atoms with E-state index in [9.17, 15) is 18.0 Å². The second-order valence-electron chi connectivity index (χ2n) is 6.29. The molecule has 0 atom stereocenters. The number of sulfonamides is 1. The van der Waals surface area contributed by atoms with E-state index in [4.69, 9.17) is 0 Å². The summed E-state index contributed by atoms with van der Waals surface area (Å²) >= 11 is 0. The highest BCUT2D eigenvalue weighted by atomic mass is 32.2.